The molecule has 0 spiro atoms. The zero-order valence-corrected chi connectivity index (χ0v) is 19.9. The number of ether oxygens (including phenoxy) is 1. The minimum absolute atomic E-state index is 0.293. The fraction of sp³-hybridized carbons (Fsp3) is 0.259. The molecule has 8 heteroatoms. The predicted octanol–water partition coefficient (Wildman–Crippen LogP) is 3.53. The van der Waals surface area contributed by atoms with Crippen molar-refractivity contribution in [2.24, 2.45) is 0 Å². The van der Waals surface area contributed by atoms with Gasteiger partial charge >= 0.3 is 6.03 Å². The fourth-order valence-corrected chi connectivity index (χ4v) is 4.26. The van der Waals surface area contributed by atoms with Gasteiger partial charge < -0.3 is 25.4 Å². The second-order valence-electron chi connectivity index (χ2n) is 8.52. The van der Waals surface area contributed by atoms with Crippen molar-refractivity contribution in [3.05, 3.63) is 90.0 Å². The van der Waals surface area contributed by atoms with Crippen LogP contribution in [0.4, 0.5) is 16.2 Å². The van der Waals surface area contributed by atoms with E-state index >= 15 is 0 Å². The molecule has 0 saturated carbocycles. The van der Waals surface area contributed by atoms with Gasteiger partial charge in [-0.25, -0.2) is 4.79 Å². The van der Waals surface area contributed by atoms with Crippen LogP contribution < -0.4 is 20.3 Å². The first kappa shape index (κ1) is 24.3. The maximum Gasteiger partial charge on any atom is 0.329 e. The molecule has 0 saturated heterocycles. The van der Waals surface area contributed by atoms with Gasteiger partial charge in [-0.2, -0.15) is 0 Å². The summed E-state index contributed by atoms with van der Waals surface area (Å²) in [6.07, 6.45) is 0.679. The average molecular weight is 475 g/mol. The van der Waals surface area contributed by atoms with Gasteiger partial charge in [0.05, 0.1) is 18.5 Å². The monoisotopic (exact) mass is 474 g/mol. The molecule has 0 radical (unpaired) electrons. The first-order valence-corrected chi connectivity index (χ1v) is 11.5. The molecule has 3 N–H and O–H groups in total. The molecule has 0 unspecified atom stereocenters. The standard InChI is InChI=1S/C27H30N4O4/c1-30(19-20-10-4-3-5-11-20)17-9-16-28-25(32)27(34)23-14-6-7-15-24(23)29-26(33)31(27)21-12-8-13-22(18-21)35-2/h3-8,10-15,18,34H,9,16-17,19H2,1-2H3,(H,28,32)(H,29,33)/t27-/m1/s1. The van der Waals surface area contributed by atoms with E-state index in [1.807, 2.05) is 25.2 Å². The second kappa shape index (κ2) is 10.6. The Balaban J connectivity index is 1.51. The quantitative estimate of drug-likeness (QED) is 0.413. The van der Waals surface area contributed by atoms with Crippen LogP contribution in [0, 0.1) is 0 Å². The third-order valence-electron chi connectivity index (χ3n) is 6.00. The first-order valence-electron chi connectivity index (χ1n) is 11.5. The molecule has 1 atom stereocenters. The van der Waals surface area contributed by atoms with Gasteiger partial charge in [-0.1, -0.05) is 54.6 Å². The van der Waals surface area contributed by atoms with E-state index < -0.39 is 17.7 Å². The summed E-state index contributed by atoms with van der Waals surface area (Å²) in [5, 5.41) is 17.4. The molecule has 3 aromatic carbocycles. The molecule has 4 rings (SSSR count). The highest BCUT2D eigenvalue weighted by atomic mass is 16.5. The summed E-state index contributed by atoms with van der Waals surface area (Å²) in [5.74, 6) is -0.174. The molecule has 35 heavy (non-hydrogen) atoms. The highest BCUT2D eigenvalue weighted by molar-refractivity contribution is 6.11. The molecule has 1 aliphatic rings. The third-order valence-corrected chi connectivity index (χ3v) is 6.00. The van der Waals surface area contributed by atoms with Crippen molar-refractivity contribution >= 4 is 23.3 Å². The van der Waals surface area contributed by atoms with Gasteiger partial charge in [0.15, 0.2) is 0 Å². The van der Waals surface area contributed by atoms with E-state index in [1.165, 1.54) is 12.7 Å². The van der Waals surface area contributed by atoms with Crippen molar-refractivity contribution in [1.82, 2.24) is 10.2 Å². The lowest BCUT2D eigenvalue weighted by molar-refractivity contribution is -0.140. The Bertz CT molecular complexity index is 1190. The third kappa shape index (κ3) is 5.13. The summed E-state index contributed by atoms with van der Waals surface area (Å²) in [7, 11) is 3.53. The average Bonchev–Trinajstić information content (AvgIpc) is 2.87. The van der Waals surface area contributed by atoms with Crippen LogP contribution in [0.1, 0.15) is 17.5 Å². The van der Waals surface area contributed by atoms with Gasteiger partial charge in [0.1, 0.15) is 5.75 Å². The number of fused-ring (bicyclic) bond motifs is 1. The number of nitrogens with one attached hydrogen (secondary N) is 2. The number of carbonyl (C=O) groups is 2. The van der Waals surface area contributed by atoms with Gasteiger partial charge in [0, 0.05) is 24.7 Å². The van der Waals surface area contributed by atoms with Crippen LogP contribution in [0.25, 0.3) is 0 Å². The van der Waals surface area contributed by atoms with Gasteiger partial charge in [0.25, 0.3) is 11.6 Å². The molecule has 3 aromatic rings. The van der Waals surface area contributed by atoms with E-state index in [1.54, 1.807) is 48.5 Å². The number of rotatable bonds is 9. The van der Waals surface area contributed by atoms with Gasteiger partial charge in [-0.3, -0.25) is 9.69 Å². The zero-order valence-electron chi connectivity index (χ0n) is 19.9. The van der Waals surface area contributed by atoms with Crippen molar-refractivity contribution in [3.63, 3.8) is 0 Å². The number of hydrogen-bond donors (Lipinski definition) is 3. The number of carbonyl (C=O) groups excluding carboxylic acids is 2. The smallest absolute Gasteiger partial charge is 0.329 e. The van der Waals surface area contributed by atoms with Crippen LogP contribution in [0.5, 0.6) is 5.75 Å². The highest BCUT2D eigenvalue weighted by Crippen LogP contribution is 2.40. The van der Waals surface area contributed by atoms with Crippen LogP contribution in [-0.2, 0) is 17.1 Å². The number of methoxy groups -OCH3 is 1. The Morgan fingerprint density at radius 3 is 2.60 bits per heavy atom. The van der Waals surface area contributed by atoms with Crippen LogP contribution in [0.3, 0.4) is 0 Å². The van der Waals surface area contributed by atoms with E-state index in [9.17, 15) is 14.7 Å². The fourth-order valence-electron chi connectivity index (χ4n) is 4.26. The van der Waals surface area contributed by atoms with E-state index in [0.29, 0.717) is 35.7 Å². The van der Waals surface area contributed by atoms with E-state index in [2.05, 4.69) is 27.7 Å². The molecular weight excluding hydrogens is 444 g/mol. The number of amides is 3. The Morgan fingerprint density at radius 2 is 1.83 bits per heavy atom. The lowest BCUT2D eigenvalue weighted by Gasteiger charge is -2.42. The number of urea groups is 1. The van der Waals surface area contributed by atoms with E-state index in [0.717, 1.165) is 18.0 Å². The van der Waals surface area contributed by atoms with Crippen molar-refractivity contribution in [1.29, 1.82) is 0 Å². The predicted molar refractivity (Wildman–Crippen MR) is 135 cm³/mol. The van der Waals surface area contributed by atoms with Crippen molar-refractivity contribution < 1.29 is 19.4 Å². The first-order chi connectivity index (χ1) is 16.9. The molecule has 0 aromatic heterocycles. The molecule has 1 heterocycles. The largest absolute Gasteiger partial charge is 0.497 e. The molecule has 0 bridgehead atoms. The van der Waals surface area contributed by atoms with Crippen molar-refractivity contribution in [3.8, 4) is 5.75 Å². The normalized spacial score (nSPS) is 17.0. The molecule has 1 aliphatic heterocycles. The molecular formula is C27H30N4O4. The number of anilines is 2. The topological polar surface area (TPSA) is 94.1 Å². The number of hydrogen-bond acceptors (Lipinski definition) is 5. The minimum atomic E-state index is -2.23. The van der Waals surface area contributed by atoms with Crippen molar-refractivity contribution in [2.75, 3.05) is 37.5 Å². The van der Waals surface area contributed by atoms with Gasteiger partial charge in [0.2, 0.25) is 0 Å². The highest BCUT2D eigenvalue weighted by Gasteiger charge is 2.51. The molecule has 3 amide bonds. The summed E-state index contributed by atoms with van der Waals surface area (Å²) in [6.45, 7) is 1.90. The Morgan fingerprint density at radius 1 is 1.09 bits per heavy atom. The Labute approximate surface area is 205 Å². The summed E-state index contributed by atoms with van der Waals surface area (Å²) >= 11 is 0. The second-order valence-corrected chi connectivity index (χ2v) is 8.52. The van der Waals surface area contributed by atoms with Crippen molar-refractivity contribution in [2.45, 2.75) is 18.7 Å². The lowest BCUT2D eigenvalue weighted by Crippen LogP contribution is -2.62. The number of nitrogens with zero attached hydrogens (tertiary/aromatic N) is 2. The lowest BCUT2D eigenvalue weighted by atomic mass is 9.94. The minimum Gasteiger partial charge on any atom is -0.497 e. The maximum absolute atomic E-state index is 13.5. The summed E-state index contributed by atoms with van der Waals surface area (Å²) in [5.41, 5.74) is -0.0111. The van der Waals surface area contributed by atoms with Crippen LogP contribution in [0.2, 0.25) is 0 Å². The Kier molecular flexibility index (Phi) is 7.33. The molecule has 8 nitrogen and oxygen atoms in total. The molecule has 0 fully saturated rings. The van der Waals surface area contributed by atoms with Gasteiger partial charge in [-0.15, -0.1) is 0 Å². The summed E-state index contributed by atoms with van der Waals surface area (Å²) in [4.78, 5) is 29.8. The number of aliphatic hydroxyl groups is 1. The zero-order chi connectivity index (χ0) is 24.8. The van der Waals surface area contributed by atoms with Crippen LogP contribution in [-0.4, -0.2) is 49.2 Å². The van der Waals surface area contributed by atoms with Crippen LogP contribution in [0.15, 0.2) is 78.9 Å². The number of benzene rings is 3. The molecule has 182 valence electrons. The van der Waals surface area contributed by atoms with Crippen LogP contribution >= 0.6 is 0 Å². The van der Waals surface area contributed by atoms with E-state index in [4.69, 9.17) is 4.74 Å². The summed E-state index contributed by atoms with van der Waals surface area (Å²) in [6, 6.07) is 23.0. The van der Waals surface area contributed by atoms with Gasteiger partial charge in [-0.05, 0) is 43.8 Å². The number of para-hydroxylation sites is 1. The SMILES string of the molecule is COc1cccc(N2C(=O)Nc3ccccc3[C@@]2(O)C(=O)NCCCN(C)Cc2ccccc2)c1. The molecule has 0 aliphatic carbocycles. The maximum atomic E-state index is 13.5. The Hall–Kier alpha value is -3.88. The summed E-state index contributed by atoms with van der Waals surface area (Å²) < 4.78 is 5.28. The van der Waals surface area contributed by atoms with E-state index in [-0.39, 0.29) is 0 Å².